The molecule has 0 aliphatic carbocycles. The molecule has 0 atom stereocenters. The molecule has 0 unspecified atom stereocenters. The van der Waals surface area contributed by atoms with Gasteiger partial charge in [-0.1, -0.05) is 18.2 Å². The first-order chi connectivity index (χ1) is 20.5. The summed E-state index contributed by atoms with van der Waals surface area (Å²) in [6.45, 7) is 0.521. The fourth-order valence-corrected chi connectivity index (χ4v) is 5.87. The molecule has 2 aromatic carbocycles. The zero-order valence-corrected chi connectivity index (χ0v) is 23.4. The number of carbonyl (C=O) groups excluding carboxylic acids is 2. The second-order valence-electron chi connectivity index (χ2n) is 9.34. The van der Waals surface area contributed by atoms with Crippen molar-refractivity contribution in [1.82, 2.24) is 19.8 Å². The highest BCUT2D eigenvalue weighted by Crippen LogP contribution is 2.34. The van der Waals surface area contributed by atoms with Crippen molar-refractivity contribution in [2.45, 2.75) is 11.3 Å². The average Bonchev–Trinajstić information content (AvgIpc) is 3.00. The fourth-order valence-electron chi connectivity index (χ4n) is 4.62. The van der Waals surface area contributed by atoms with Gasteiger partial charge >= 0.3 is 6.36 Å². The SMILES string of the molecule is COc1ncccc1C(=O)N1CCN(C(=O)c2ccc(NS(=O)(=O)c3cccc4cccnc34)c(OC(F)(F)F)c2)CC1. The van der Waals surface area contributed by atoms with Crippen LogP contribution in [0, 0.1) is 0 Å². The van der Waals surface area contributed by atoms with E-state index in [4.69, 9.17) is 4.74 Å². The van der Waals surface area contributed by atoms with Crippen LogP contribution in [-0.4, -0.2) is 79.7 Å². The molecule has 11 nitrogen and oxygen atoms in total. The molecule has 1 saturated heterocycles. The molecule has 3 heterocycles. The number of sulfonamides is 1. The minimum absolute atomic E-state index is 0.102. The summed E-state index contributed by atoms with van der Waals surface area (Å²) in [4.78, 5) is 36.9. The van der Waals surface area contributed by atoms with Crippen molar-refractivity contribution < 1.29 is 40.7 Å². The predicted molar refractivity (Wildman–Crippen MR) is 148 cm³/mol. The summed E-state index contributed by atoms with van der Waals surface area (Å²) in [6, 6.07) is 13.9. The molecule has 2 amide bonds. The normalized spacial score (nSPS) is 14.0. The van der Waals surface area contributed by atoms with Gasteiger partial charge in [0.05, 0.1) is 18.3 Å². The van der Waals surface area contributed by atoms with Crippen LogP contribution in [0.2, 0.25) is 0 Å². The first kappa shape index (κ1) is 29.6. The van der Waals surface area contributed by atoms with Gasteiger partial charge < -0.3 is 19.3 Å². The number of pyridine rings is 2. The summed E-state index contributed by atoms with van der Waals surface area (Å²) in [6.07, 6.45) is -2.30. The van der Waals surface area contributed by atoms with Crippen molar-refractivity contribution in [2.75, 3.05) is 38.0 Å². The molecule has 4 aromatic rings. The summed E-state index contributed by atoms with van der Waals surface area (Å²) in [7, 11) is -3.03. The van der Waals surface area contributed by atoms with Gasteiger partial charge in [-0.15, -0.1) is 13.2 Å². The van der Waals surface area contributed by atoms with Crippen LogP contribution < -0.4 is 14.2 Å². The van der Waals surface area contributed by atoms with Crippen molar-refractivity contribution in [3.63, 3.8) is 0 Å². The monoisotopic (exact) mass is 615 g/mol. The molecule has 43 heavy (non-hydrogen) atoms. The summed E-state index contributed by atoms with van der Waals surface area (Å²) in [5.74, 6) is -1.70. The molecule has 1 aliphatic heterocycles. The summed E-state index contributed by atoms with van der Waals surface area (Å²) in [5, 5.41) is 0.513. The molecule has 0 radical (unpaired) electrons. The molecule has 15 heteroatoms. The maximum atomic E-state index is 13.3. The number of fused-ring (bicyclic) bond motifs is 1. The van der Waals surface area contributed by atoms with E-state index in [-0.39, 0.29) is 59.5 Å². The van der Waals surface area contributed by atoms with Crippen molar-refractivity contribution in [3.8, 4) is 11.6 Å². The van der Waals surface area contributed by atoms with Gasteiger partial charge in [-0.3, -0.25) is 19.3 Å². The van der Waals surface area contributed by atoms with E-state index in [1.165, 1.54) is 47.5 Å². The van der Waals surface area contributed by atoms with Gasteiger partial charge in [0.2, 0.25) is 5.88 Å². The zero-order chi connectivity index (χ0) is 30.8. The summed E-state index contributed by atoms with van der Waals surface area (Å²) in [5.41, 5.74) is -0.302. The minimum atomic E-state index is -5.18. The molecule has 0 spiro atoms. The summed E-state index contributed by atoms with van der Waals surface area (Å²) < 4.78 is 77.8. The van der Waals surface area contributed by atoms with E-state index >= 15 is 0 Å². The Labute approximate surface area is 243 Å². The Morgan fingerprint density at radius 3 is 2.23 bits per heavy atom. The van der Waals surface area contributed by atoms with Gasteiger partial charge in [0.25, 0.3) is 21.8 Å². The number of aromatic nitrogens is 2. The molecule has 1 N–H and O–H groups in total. The number of nitrogens with one attached hydrogen (secondary N) is 1. The number of amides is 2. The number of alkyl halides is 3. The molecule has 1 fully saturated rings. The molecule has 1 aliphatic rings. The highest BCUT2D eigenvalue weighted by molar-refractivity contribution is 7.93. The lowest BCUT2D eigenvalue weighted by molar-refractivity contribution is -0.274. The number of ether oxygens (including phenoxy) is 2. The molecule has 5 rings (SSSR count). The fraction of sp³-hybridized carbons (Fsp3) is 0.214. The van der Waals surface area contributed by atoms with Crippen LogP contribution in [0.4, 0.5) is 18.9 Å². The molecule has 0 bridgehead atoms. The lowest BCUT2D eigenvalue weighted by atomic mass is 10.1. The van der Waals surface area contributed by atoms with E-state index in [1.54, 1.807) is 30.3 Å². The number of rotatable bonds is 7. The largest absolute Gasteiger partial charge is 0.573 e. The third kappa shape index (κ3) is 6.45. The third-order valence-electron chi connectivity index (χ3n) is 6.63. The number of piperazine rings is 1. The molecular weight excluding hydrogens is 591 g/mol. The predicted octanol–water partition coefficient (Wildman–Crippen LogP) is 3.94. The van der Waals surface area contributed by atoms with E-state index in [9.17, 15) is 31.2 Å². The highest BCUT2D eigenvalue weighted by Gasteiger charge is 2.34. The number of anilines is 1. The van der Waals surface area contributed by atoms with Gasteiger partial charge in [-0.25, -0.2) is 13.4 Å². The van der Waals surface area contributed by atoms with Crippen molar-refractivity contribution in [3.05, 3.63) is 84.2 Å². The average molecular weight is 616 g/mol. The number of methoxy groups -OCH3 is 1. The first-order valence-electron chi connectivity index (χ1n) is 12.8. The highest BCUT2D eigenvalue weighted by atomic mass is 32.2. The number of benzene rings is 2. The number of para-hydroxylation sites is 1. The van der Waals surface area contributed by atoms with Gasteiger partial charge in [-0.2, -0.15) is 0 Å². The lowest BCUT2D eigenvalue weighted by Gasteiger charge is -2.35. The van der Waals surface area contributed by atoms with Crippen LogP contribution in [0.1, 0.15) is 20.7 Å². The maximum Gasteiger partial charge on any atom is 0.573 e. The van der Waals surface area contributed by atoms with Crippen LogP contribution in [0.3, 0.4) is 0 Å². The topological polar surface area (TPSA) is 131 Å². The number of carbonyl (C=O) groups is 2. The molecule has 2 aromatic heterocycles. The Bertz CT molecular complexity index is 1790. The summed E-state index contributed by atoms with van der Waals surface area (Å²) >= 11 is 0. The van der Waals surface area contributed by atoms with Crippen molar-refractivity contribution in [2.24, 2.45) is 0 Å². The van der Waals surface area contributed by atoms with Crippen LogP contribution >= 0.6 is 0 Å². The Balaban J connectivity index is 1.36. The van der Waals surface area contributed by atoms with Crippen LogP contribution in [-0.2, 0) is 10.0 Å². The third-order valence-corrected chi connectivity index (χ3v) is 8.03. The van der Waals surface area contributed by atoms with Crippen LogP contribution in [0.25, 0.3) is 10.9 Å². The maximum absolute atomic E-state index is 13.3. The van der Waals surface area contributed by atoms with E-state index in [0.717, 1.165) is 12.1 Å². The quantitative estimate of drug-likeness (QED) is 0.331. The number of halogens is 3. The lowest BCUT2D eigenvalue weighted by Crippen LogP contribution is -2.50. The van der Waals surface area contributed by atoms with E-state index < -0.39 is 33.7 Å². The van der Waals surface area contributed by atoms with Gasteiger partial charge in [-0.05, 0) is 42.5 Å². The van der Waals surface area contributed by atoms with E-state index in [2.05, 4.69) is 19.4 Å². The Morgan fingerprint density at radius 1 is 0.884 bits per heavy atom. The Hall–Kier alpha value is -4.92. The minimum Gasteiger partial charge on any atom is -0.480 e. The van der Waals surface area contributed by atoms with E-state index in [1.807, 2.05) is 0 Å². The first-order valence-corrected chi connectivity index (χ1v) is 14.3. The smallest absolute Gasteiger partial charge is 0.480 e. The van der Waals surface area contributed by atoms with Gasteiger partial charge in [0.15, 0.2) is 5.75 Å². The Kier molecular flexibility index (Phi) is 8.08. The number of hydrogen-bond acceptors (Lipinski definition) is 8. The number of nitrogens with zero attached hydrogens (tertiary/aromatic N) is 4. The number of hydrogen-bond donors (Lipinski definition) is 1. The standard InChI is InChI=1S/C28H24F3N5O6S/c1-41-25-20(7-4-12-33-25)27(38)36-15-13-35(14-16-36)26(37)19-9-10-21(22(17-19)42-28(29,30)31)34-43(39,40)23-8-2-5-18-6-3-11-32-24(18)23/h2-12,17,34H,13-16H2,1H3. The Morgan fingerprint density at radius 2 is 1.53 bits per heavy atom. The van der Waals surface area contributed by atoms with Gasteiger partial charge in [0.1, 0.15) is 10.5 Å². The molecule has 224 valence electrons. The van der Waals surface area contributed by atoms with Crippen molar-refractivity contribution >= 4 is 38.4 Å². The molecular formula is C28H24F3N5O6S. The van der Waals surface area contributed by atoms with E-state index in [0.29, 0.717) is 5.39 Å². The van der Waals surface area contributed by atoms with Crippen LogP contribution in [0.15, 0.2) is 78.0 Å². The zero-order valence-electron chi connectivity index (χ0n) is 22.5. The van der Waals surface area contributed by atoms with Crippen LogP contribution in [0.5, 0.6) is 11.6 Å². The van der Waals surface area contributed by atoms with Crippen molar-refractivity contribution in [1.29, 1.82) is 0 Å². The second kappa shape index (κ2) is 11.8. The molecule has 0 saturated carbocycles. The van der Waals surface area contributed by atoms with Gasteiger partial charge in [0, 0.05) is 49.5 Å². The second-order valence-corrected chi connectivity index (χ2v) is 11.0.